The van der Waals surface area contributed by atoms with E-state index in [0.717, 1.165) is 11.1 Å². The Morgan fingerprint density at radius 3 is 2.57 bits per heavy atom. The Morgan fingerprint density at radius 1 is 1.04 bits per heavy atom. The molecule has 1 spiro atoms. The first-order valence-electron chi connectivity index (χ1n) is 17.7. The van der Waals surface area contributed by atoms with E-state index in [1.807, 2.05) is 18.0 Å². The highest BCUT2D eigenvalue weighted by Crippen LogP contribution is 2.64. The SMILES string of the molecule is COc1cc2c(cc1O)CCN[C@]21CS[C@@H]2c3c(OC(C)=O)c(C)c4c(c3[C@@H](COC1=O)N1C2[C@@H]2c3c(cc(C)c(O)c3O)C[C@H]([C@@H]1O)N2C)OCO4. The minimum Gasteiger partial charge on any atom is -0.504 e. The van der Waals surface area contributed by atoms with Crippen molar-refractivity contribution in [3.8, 4) is 40.2 Å². The summed E-state index contributed by atoms with van der Waals surface area (Å²) in [7, 11) is 3.36. The molecule has 2 fully saturated rings. The smallest absolute Gasteiger partial charge is 0.331 e. The third-order valence-electron chi connectivity index (χ3n) is 12.1. The molecule has 4 bridgehead atoms. The van der Waals surface area contributed by atoms with E-state index in [0.29, 0.717) is 70.0 Å². The predicted octanol–water partition coefficient (Wildman–Crippen LogP) is 3.11. The maximum atomic E-state index is 14.6. The number of aromatic hydroxyl groups is 3. The second-order valence-electron chi connectivity index (χ2n) is 14.7. The van der Waals surface area contributed by atoms with Crippen LogP contribution in [0.2, 0.25) is 0 Å². The molecule has 7 atom stereocenters. The molecule has 0 aliphatic carbocycles. The summed E-state index contributed by atoms with van der Waals surface area (Å²) in [5, 5.41) is 48.8. The van der Waals surface area contributed by atoms with Crippen LogP contribution in [0.5, 0.6) is 40.2 Å². The molecule has 7 aliphatic heterocycles. The number of benzene rings is 3. The van der Waals surface area contributed by atoms with Crippen molar-refractivity contribution >= 4 is 23.7 Å². The zero-order valence-electron chi connectivity index (χ0n) is 29.9. The van der Waals surface area contributed by atoms with E-state index in [-0.39, 0.29) is 42.2 Å². The fourth-order valence-electron chi connectivity index (χ4n) is 9.75. The third-order valence-corrected chi connectivity index (χ3v) is 13.6. The monoisotopic (exact) mass is 747 g/mol. The fraction of sp³-hybridized carbons (Fsp3) is 0.474. The van der Waals surface area contributed by atoms with E-state index in [4.69, 9.17) is 23.7 Å². The quantitative estimate of drug-likeness (QED) is 0.147. The maximum absolute atomic E-state index is 14.6. The molecular weight excluding hydrogens is 706 g/mol. The number of likely N-dealkylation sites (N-methyl/N-ethyl adjacent to an activating group) is 1. The number of phenols is 3. The number of nitrogens with one attached hydrogen (secondary N) is 1. The molecule has 1 unspecified atom stereocenters. The summed E-state index contributed by atoms with van der Waals surface area (Å²) in [5.74, 6) is -0.0507. The largest absolute Gasteiger partial charge is 0.504 e. The average Bonchev–Trinajstić information content (AvgIpc) is 3.62. The zero-order chi connectivity index (χ0) is 37.2. The first kappa shape index (κ1) is 34.4. The number of thioether (sulfide) groups is 1. The van der Waals surface area contributed by atoms with Crippen molar-refractivity contribution < 1.29 is 53.7 Å². The highest BCUT2D eigenvalue weighted by Gasteiger charge is 2.61. The number of aryl methyl sites for hydroxylation is 1. The predicted molar refractivity (Wildman–Crippen MR) is 190 cm³/mol. The van der Waals surface area contributed by atoms with Crippen molar-refractivity contribution in [2.45, 2.75) is 74.8 Å². The zero-order valence-corrected chi connectivity index (χ0v) is 30.7. The van der Waals surface area contributed by atoms with Gasteiger partial charge >= 0.3 is 11.9 Å². The van der Waals surface area contributed by atoms with Gasteiger partial charge in [0.15, 0.2) is 40.0 Å². The number of nitrogens with zero attached hydrogens (tertiary/aromatic N) is 2. The molecule has 0 amide bonds. The van der Waals surface area contributed by atoms with Crippen molar-refractivity contribution in [3.05, 3.63) is 62.7 Å². The number of phenolic OH excluding ortho intramolecular Hbond substituents is 3. The molecule has 280 valence electrons. The van der Waals surface area contributed by atoms with E-state index < -0.39 is 53.1 Å². The minimum absolute atomic E-state index is 0.0339. The van der Waals surface area contributed by atoms with Crippen LogP contribution in [0, 0.1) is 13.8 Å². The summed E-state index contributed by atoms with van der Waals surface area (Å²) < 4.78 is 30.0. The molecule has 2 saturated heterocycles. The summed E-state index contributed by atoms with van der Waals surface area (Å²) in [4.78, 5) is 31.5. The van der Waals surface area contributed by atoms with Gasteiger partial charge < -0.3 is 44.1 Å². The summed E-state index contributed by atoms with van der Waals surface area (Å²) in [5.41, 5.74) is 3.73. The number of rotatable bonds is 2. The standard InChI is InChI=1S/C38H41N3O11S/c1-15-8-19-9-21-36(46)41-22-12-49-37(47)38(20-11-24(48-5)23(43)10-18(20)6-7-39-38)13-53-35(29(41)28(40(21)4)25(19)31(45)30(15)44)27-26(22)34-33(50-14-51-34)16(2)32(27)52-17(3)42/h8,10-11,21-22,28-29,35-36,39,43-46H,6-7,9,12-14H2,1-5H3/t21-,22-,28+,29?,35-,36+,38-/m1/s1. The number of methoxy groups -OCH3 is 1. The summed E-state index contributed by atoms with van der Waals surface area (Å²) >= 11 is 1.43. The molecule has 5 N–H and O–H groups in total. The Bertz CT molecular complexity index is 2110. The minimum atomic E-state index is -1.38. The van der Waals surface area contributed by atoms with Crippen LogP contribution in [0.3, 0.4) is 0 Å². The van der Waals surface area contributed by atoms with Gasteiger partial charge in [-0.25, -0.2) is 4.79 Å². The van der Waals surface area contributed by atoms with Crippen molar-refractivity contribution in [1.82, 2.24) is 15.1 Å². The Morgan fingerprint density at radius 2 is 1.81 bits per heavy atom. The Kier molecular flexibility index (Phi) is 7.81. The van der Waals surface area contributed by atoms with Crippen LogP contribution in [0.1, 0.15) is 68.8 Å². The number of carbonyl (C=O) groups excluding carboxylic acids is 2. The molecule has 53 heavy (non-hydrogen) atoms. The van der Waals surface area contributed by atoms with Gasteiger partial charge in [-0.05, 0) is 68.1 Å². The van der Waals surface area contributed by atoms with E-state index in [9.17, 15) is 30.0 Å². The van der Waals surface area contributed by atoms with E-state index in [1.54, 1.807) is 26.0 Å². The van der Waals surface area contributed by atoms with Crippen molar-refractivity contribution in [2.75, 3.05) is 39.9 Å². The van der Waals surface area contributed by atoms with Crippen LogP contribution in [0.15, 0.2) is 18.2 Å². The lowest BCUT2D eigenvalue weighted by molar-refractivity contribution is -0.186. The van der Waals surface area contributed by atoms with E-state index >= 15 is 0 Å². The summed E-state index contributed by atoms with van der Waals surface area (Å²) in [6, 6.07) is 2.74. The van der Waals surface area contributed by atoms with Gasteiger partial charge in [-0.1, -0.05) is 6.07 Å². The van der Waals surface area contributed by atoms with Crippen molar-refractivity contribution in [3.63, 3.8) is 0 Å². The normalized spacial score (nSPS) is 29.8. The molecule has 0 radical (unpaired) electrons. The number of aliphatic hydroxyl groups is 1. The van der Waals surface area contributed by atoms with Gasteiger partial charge in [0.1, 0.15) is 18.6 Å². The molecule has 7 heterocycles. The lowest BCUT2D eigenvalue weighted by Crippen LogP contribution is -2.70. The first-order valence-corrected chi connectivity index (χ1v) is 18.7. The maximum Gasteiger partial charge on any atom is 0.331 e. The molecule has 15 heteroatoms. The average molecular weight is 748 g/mol. The van der Waals surface area contributed by atoms with Crippen LogP contribution in [0.4, 0.5) is 0 Å². The number of esters is 2. The van der Waals surface area contributed by atoms with E-state index in [2.05, 4.69) is 10.2 Å². The lowest BCUT2D eigenvalue weighted by Gasteiger charge is -2.62. The molecule has 14 nitrogen and oxygen atoms in total. The Hall–Kier alpha value is -4.41. The fourth-order valence-corrected chi connectivity index (χ4v) is 11.4. The number of piperazine rings is 1. The molecule has 10 rings (SSSR count). The Labute approximate surface area is 309 Å². The number of hydrogen-bond donors (Lipinski definition) is 5. The van der Waals surface area contributed by atoms with Gasteiger partial charge in [0.25, 0.3) is 0 Å². The second-order valence-corrected chi connectivity index (χ2v) is 15.9. The number of aliphatic hydroxyl groups excluding tert-OH is 1. The summed E-state index contributed by atoms with van der Waals surface area (Å²) in [6.07, 6.45) is -0.131. The highest BCUT2D eigenvalue weighted by molar-refractivity contribution is 7.99. The topological polar surface area (TPSA) is 180 Å². The lowest BCUT2D eigenvalue weighted by atomic mass is 9.73. The second kappa shape index (κ2) is 12.0. The van der Waals surface area contributed by atoms with E-state index in [1.165, 1.54) is 25.8 Å². The number of ether oxygens (including phenoxy) is 5. The molecule has 0 saturated carbocycles. The van der Waals surface area contributed by atoms with Gasteiger partial charge in [-0.2, -0.15) is 0 Å². The van der Waals surface area contributed by atoms with Gasteiger partial charge in [-0.15, -0.1) is 11.8 Å². The molecule has 7 aliphatic rings. The summed E-state index contributed by atoms with van der Waals surface area (Å²) in [6.45, 7) is 5.01. The van der Waals surface area contributed by atoms with Gasteiger partial charge in [0.2, 0.25) is 6.79 Å². The van der Waals surface area contributed by atoms with Crippen LogP contribution < -0.4 is 24.3 Å². The van der Waals surface area contributed by atoms with Crippen molar-refractivity contribution in [1.29, 1.82) is 0 Å². The number of fused-ring (bicyclic) bond motifs is 9. The first-order chi connectivity index (χ1) is 25.4. The Balaban J connectivity index is 1.32. The molecule has 3 aromatic carbocycles. The number of hydrogen-bond acceptors (Lipinski definition) is 15. The van der Waals surface area contributed by atoms with Crippen LogP contribution in [-0.2, 0) is 32.7 Å². The molecule has 3 aromatic rings. The van der Waals surface area contributed by atoms with Crippen LogP contribution in [0.25, 0.3) is 0 Å². The third kappa shape index (κ3) is 4.67. The van der Waals surface area contributed by atoms with Gasteiger partial charge in [0, 0.05) is 47.5 Å². The number of carbonyl (C=O) groups is 2. The highest BCUT2D eigenvalue weighted by atomic mass is 32.2. The molecule has 0 aromatic heterocycles. The van der Waals surface area contributed by atoms with Gasteiger partial charge in [-0.3, -0.25) is 19.9 Å². The van der Waals surface area contributed by atoms with Crippen molar-refractivity contribution in [2.24, 2.45) is 0 Å². The van der Waals surface area contributed by atoms with Crippen LogP contribution in [-0.4, -0.2) is 100 Å². The van der Waals surface area contributed by atoms with Crippen LogP contribution >= 0.6 is 11.8 Å². The van der Waals surface area contributed by atoms with Gasteiger partial charge in [0.05, 0.1) is 30.5 Å². The molecular formula is C38H41N3O11S.